The topological polar surface area (TPSA) is 131 Å². The van der Waals surface area contributed by atoms with Gasteiger partial charge in [-0.05, 0) is 83.5 Å². The summed E-state index contributed by atoms with van der Waals surface area (Å²) in [5.41, 5.74) is 0. The quantitative estimate of drug-likeness (QED) is 0.0210. The van der Waals surface area contributed by atoms with Crippen LogP contribution in [0.3, 0.4) is 0 Å². The summed E-state index contributed by atoms with van der Waals surface area (Å²) in [6.45, 7) is 3.86. The molecule has 0 fully saturated rings. The number of quaternary nitrogens is 1. The molecular formula is C48H86NO9P. The summed E-state index contributed by atoms with van der Waals surface area (Å²) in [5.74, 6) is -0.926. The highest BCUT2D eigenvalue weighted by molar-refractivity contribution is 7.45. The largest absolute Gasteiger partial charge is 0.756 e. The van der Waals surface area contributed by atoms with Crippen molar-refractivity contribution in [2.45, 2.75) is 187 Å². The maximum absolute atomic E-state index is 12.7. The van der Waals surface area contributed by atoms with Gasteiger partial charge >= 0.3 is 11.9 Å². The van der Waals surface area contributed by atoms with Crippen LogP contribution in [0.15, 0.2) is 60.8 Å². The molecule has 0 aliphatic rings. The molecule has 0 radical (unpaired) electrons. The van der Waals surface area contributed by atoms with Crippen molar-refractivity contribution in [3.63, 3.8) is 0 Å². The number of phosphoric ester groups is 1. The Morgan fingerprint density at radius 1 is 0.610 bits per heavy atom. The Morgan fingerprint density at radius 2 is 1.08 bits per heavy atom. The van der Waals surface area contributed by atoms with Crippen LogP contribution in [0.25, 0.3) is 0 Å². The summed E-state index contributed by atoms with van der Waals surface area (Å²) in [6.07, 6.45) is 44.8. The fourth-order valence-corrected chi connectivity index (χ4v) is 6.59. The Hall–Kier alpha value is -2.33. The lowest BCUT2D eigenvalue weighted by atomic mass is 10.1. The first kappa shape index (κ1) is 56.7. The van der Waals surface area contributed by atoms with E-state index >= 15 is 0 Å². The van der Waals surface area contributed by atoms with Gasteiger partial charge in [-0.25, -0.2) is 0 Å². The van der Waals surface area contributed by atoms with Crippen molar-refractivity contribution >= 4 is 19.8 Å². The first-order chi connectivity index (χ1) is 28.4. The lowest BCUT2D eigenvalue weighted by Gasteiger charge is -2.28. The molecule has 0 saturated heterocycles. The zero-order chi connectivity index (χ0) is 43.7. The van der Waals surface area contributed by atoms with E-state index in [-0.39, 0.29) is 32.2 Å². The van der Waals surface area contributed by atoms with Crippen LogP contribution in [0.4, 0.5) is 0 Å². The van der Waals surface area contributed by atoms with Gasteiger partial charge in [0.1, 0.15) is 19.8 Å². The van der Waals surface area contributed by atoms with Gasteiger partial charge in [-0.3, -0.25) is 14.2 Å². The Kier molecular flexibility index (Phi) is 38.2. The average Bonchev–Trinajstić information content (AvgIpc) is 3.19. The minimum absolute atomic E-state index is 0.0481. The van der Waals surface area contributed by atoms with E-state index in [4.69, 9.17) is 18.5 Å². The lowest BCUT2D eigenvalue weighted by molar-refractivity contribution is -0.870. The van der Waals surface area contributed by atoms with Gasteiger partial charge in [-0.15, -0.1) is 0 Å². The van der Waals surface area contributed by atoms with Crippen LogP contribution in [-0.4, -0.2) is 81.2 Å². The molecule has 0 aromatic heterocycles. The van der Waals surface area contributed by atoms with Gasteiger partial charge in [0.25, 0.3) is 7.82 Å². The standard InChI is InChI=1S/C48H86NO9P/c1-6-8-9-10-11-12-13-14-15-16-17-22-25-28-31-34-37-40-48(52)58-46(44-57-59(53,54)56-42-41-49(3,4)5)43-55-47(51)39-36-33-30-27-24-21-19-18-20-23-26-29-32-35-38-45(50)7-2/h14-15,19-21,23,27,29-30,32,45-46,50H,6-13,16-18,22,24-26,28,31,33-44H2,1-5H3/b15-14-,21-19-,23-20-,30-27-,32-29-/t45-,46+/m0/s1. The summed E-state index contributed by atoms with van der Waals surface area (Å²) >= 11 is 0. The van der Waals surface area contributed by atoms with Crippen molar-refractivity contribution in [1.29, 1.82) is 0 Å². The Labute approximate surface area is 360 Å². The van der Waals surface area contributed by atoms with E-state index in [0.717, 1.165) is 64.2 Å². The molecule has 342 valence electrons. The molecule has 11 heteroatoms. The molecule has 0 aromatic carbocycles. The van der Waals surface area contributed by atoms with Gasteiger partial charge in [0.15, 0.2) is 6.10 Å². The molecular weight excluding hydrogens is 766 g/mol. The molecule has 0 saturated carbocycles. The van der Waals surface area contributed by atoms with E-state index in [2.05, 4.69) is 61.6 Å². The molecule has 0 aliphatic heterocycles. The normalized spacial score (nSPS) is 14.6. The molecule has 3 atom stereocenters. The average molecular weight is 852 g/mol. The summed E-state index contributed by atoms with van der Waals surface area (Å²) in [4.78, 5) is 37.6. The molecule has 0 aliphatic carbocycles. The molecule has 59 heavy (non-hydrogen) atoms. The zero-order valence-corrected chi connectivity index (χ0v) is 38.9. The summed E-state index contributed by atoms with van der Waals surface area (Å²) < 4.78 is 33.8. The van der Waals surface area contributed by atoms with E-state index < -0.39 is 32.5 Å². The lowest BCUT2D eigenvalue weighted by Crippen LogP contribution is -2.37. The molecule has 0 bridgehead atoms. The number of rotatable bonds is 41. The van der Waals surface area contributed by atoms with Crippen LogP contribution >= 0.6 is 7.82 Å². The number of phosphoric acid groups is 1. The summed E-state index contributed by atoms with van der Waals surface area (Å²) in [7, 11) is 1.11. The van der Waals surface area contributed by atoms with Crippen LogP contribution in [0.2, 0.25) is 0 Å². The van der Waals surface area contributed by atoms with Crippen LogP contribution < -0.4 is 4.89 Å². The van der Waals surface area contributed by atoms with Crippen LogP contribution in [0.1, 0.15) is 174 Å². The van der Waals surface area contributed by atoms with Gasteiger partial charge in [-0.1, -0.05) is 139 Å². The summed E-state index contributed by atoms with van der Waals surface area (Å²) in [6, 6.07) is 0. The predicted molar refractivity (Wildman–Crippen MR) is 242 cm³/mol. The number of carbonyl (C=O) groups excluding carboxylic acids is 2. The highest BCUT2D eigenvalue weighted by Gasteiger charge is 2.21. The van der Waals surface area contributed by atoms with Gasteiger partial charge in [0.05, 0.1) is 33.9 Å². The zero-order valence-electron chi connectivity index (χ0n) is 38.0. The second-order valence-corrected chi connectivity index (χ2v) is 18.0. The van der Waals surface area contributed by atoms with Crippen molar-refractivity contribution in [1.82, 2.24) is 0 Å². The number of allylic oxidation sites excluding steroid dienone is 10. The number of unbranched alkanes of at least 4 members (excludes halogenated alkanes) is 14. The molecule has 0 spiro atoms. The molecule has 0 aromatic rings. The second kappa shape index (κ2) is 39.8. The molecule has 1 N–H and O–H groups in total. The molecule has 1 unspecified atom stereocenters. The Balaban J connectivity index is 4.44. The van der Waals surface area contributed by atoms with Gasteiger partial charge in [-0.2, -0.15) is 0 Å². The van der Waals surface area contributed by atoms with Gasteiger partial charge in [0, 0.05) is 12.8 Å². The van der Waals surface area contributed by atoms with E-state index in [1.165, 1.54) is 64.2 Å². The number of aliphatic hydroxyl groups excluding tert-OH is 1. The third-order valence-corrected chi connectivity index (χ3v) is 10.6. The number of esters is 2. The van der Waals surface area contributed by atoms with Gasteiger partial charge in [0.2, 0.25) is 0 Å². The molecule has 0 heterocycles. The Morgan fingerprint density at radius 3 is 1.64 bits per heavy atom. The van der Waals surface area contributed by atoms with Crippen molar-refractivity contribution in [2.24, 2.45) is 0 Å². The van der Waals surface area contributed by atoms with Crippen LogP contribution in [0, 0.1) is 0 Å². The number of carbonyl (C=O) groups is 2. The Bertz CT molecular complexity index is 1210. The highest BCUT2D eigenvalue weighted by Crippen LogP contribution is 2.38. The van der Waals surface area contributed by atoms with E-state index in [1.807, 2.05) is 34.1 Å². The number of hydrogen-bond donors (Lipinski definition) is 1. The maximum atomic E-state index is 12.7. The summed E-state index contributed by atoms with van der Waals surface area (Å²) in [5, 5.41) is 9.57. The van der Waals surface area contributed by atoms with E-state index in [9.17, 15) is 24.2 Å². The monoisotopic (exact) mass is 852 g/mol. The predicted octanol–water partition coefficient (Wildman–Crippen LogP) is 11.6. The fourth-order valence-electron chi connectivity index (χ4n) is 5.86. The minimum Gasteiger partial charge on any atom is -0.756 e. The fraction of sp³-hybridized carbons (Fsp3) is 0.750. The third kappa shape index (κ3) is 43.6. The maximum Gasteiger partial charge on any atom is 0.306 e. The second-order valence-electron chi connectivity index (χ2n) is 16.6. The van der Waals surface area contributed by atoms with Crippen LogP contribution in [0.5, 0.6) is 0 Å². The molecule has 10 nitrogen and oxygen atoms in total. The number of likely N-dealkylation sites (N-methyl/N-ethyl adjacent to an activating group) is 1. The van der Waals surface area contributed by atoms with E-state index in [0.29, 0.717) is 30.3 Å². The van der Waals surface area contributed by atoms with Crippen molar-refractivity contribution in [3.05, 3.63) is 60.8 Å². The van der Waals surface area contributed by atoms with Crippen molar-refractivity contribution in [3.8, 4) is 0 Å². The smallest absolute Gasteiger partial charge is 0.306 e. The minimum atomic E-state index is -4.65. The third-order valence-electron chi connectivity index (χ3n) is 9.67. The number of aliphatic hydroxyl groups is 1. The van der Waals surface area contributed by atoms with Crippen molar-refractivity contribution < 1.29 is 47.2 Å². The first-order valence-corrected chi connectivity index (χ1v) is 24.5. The number of nitrogens with zero attached hydrogens (tertiary/aromatic N) is 1. The molecule has 0 amide bonds. The number of hydrogen-bond acceptors (Lipinski definition) is 9. The number of ether oxygens (including phenoxy) is 2. The van der Waals surface area contributed by atoms with E-state index in [1.54, 1.807) is 0 Å². The SMILES string of the molecule is CCCCCCCC/C=C\CCCCCCCCCC(=O)O[C@H](COC(=O)CCC/C=C\C/C=C\C/C=C\C/C=C\CC[C@@H](O)CC)COP(=O)([O-])OCC[N+](C)(C)C. The van der Waals surface area contributed by atoms with Crippen LogP contribution in [-0.2, 0) is 32.7 Å². The highest BCUT2D eigenvalue weighted by atomic mass is 31.2. The first-order valence-electron chi connectivity index (χ1n) is 23.1. The van der Waals surface area contributed by atoms with Crippen molar-refractivity contribution in [2.75, 3.05) is 47.5 Å². The van der Waals surface area contributed by atoms with Gasteiger partial charge < -0.3 is 33.0 Å². The molecule has 0 rings (SSSR count).